The van der Waals surface area contributed by atoms with Crippen molar-refractivity contribution in [2.75, 3.05) is 39.3 Å². The maximum absolute atomic E-state index is 4.70. The molecule has 1 heterocycles. The Bertz CT molecular complexity index is 246. The molecule has 0 bridgehead atoms. The molecule has 0 spiro atoms. The fraction of sp³-hybridized carbons (Fsp3) is 0.929. The molecule has 0 aliphatic carbocycles. The van der Waals surface area contributed by atoms with Crippen LogP contribution in [-0.4, -0.2) is 50.1 Å². The van der Waals surface area contributed by atoms with Gasteiger partial charge in [0.15, 0.2) is 5.96 Å². The fourth-order valence-corrected chi connectivity index (χ4v) is 2.29. The third-order valence-electron chi connectivity index (χ3n) is 3.49. The molecule has 5 heteroatoms. The zero-order chi connectivity index (χ0) is 13.2. The van der Waals surface area contributed by atoms with Crippen molar-refractivity contribution in [1.82, 2.24) is 15.5 Å². The molecule has 1 atom stereocenters. The maximum Gasteiger partial charge on any atom is 0.191 e. The van der Waals surface area contributed by atoms with Gasteiger partial charge in [0, 0.05) is 26.2 Å². The molecule has 2 N–H and O–H groups in total. The average molecular weight is 382 g/mol. The first-order valence-electron chi connectivity index (χ1n) is 7.54. The van der Waals surface area contributed by atoms with Crippen LogP contribution in [0.4, 0.5) is 0 Å². The molecule has 0 aromatic heterocycles. The van der Waals surface area contributed by atoms with Gasteiger partial charge >= 0.3 is 0 Å². The molecule has 4 nitrogen and oxygen atoms in total. The lowest BCUT2D eigenvalue weighted by atomic mass is 10.1. The van der Waals surface area contributed by atoms with Crippen LogP contribution < -0.4 is 10.6 Å². The summed E-state index contributed by atoms with van der Waals surface area (Å²) < 4.78 is 0. The van der Waals surface area contributed by atoms with Crippen LogP contribution in [0, 0.1) is 5.92 Å². The smallest absolute Gasteiger partial charge is 0.191 e. The van der Waals surface area contributed by atoms with E-state index < -0.39 is 0 Å². The normalized spacial score (nSPS) is 20.2. The highest BCUT2D eigenvalue weighted by Gasteiger charge is 2.20. The van der Waals surface area contributed by atoms with E-state index in [1.165, 1.54) is 38.9 Å². The standard InChI is InChI=1S/C14H30N4.HI/c1-4-7-9-16-14(15-5-2)17-11-13-8-10-18(6-3)12-13;/h13H,4-12H2,1-3H3,(H2,15,16,17);1H. The average Bonchev–Trinajstić information content (AvgIpc) is 2.84. The number of unbranched alkanes of at least 4 members (excludes halogenated alkanes) is 1. The molecule has 1 fully saturated rings. The van der Waals surface area contributed by atoms with E-state index in [9.17, 15) is 0 Å². The lowest BCUT2D eigenvalue weighted by Gasteiger charge is -2.13. The minimum absolute atomic E-state index is 0. The van der Waals surface area contributed by atoms with Crippen LogP contribution in [0.15, 0.2) is 4.99 Å². The van der Waals surface area contributed by atoms with Crippen molar-refractivity contribution in [3.8, 4) is 0 Å². The third-order valence-corrected chi connectivity index (χ3v) is 3.49. The Kier molecular flexibility index (Phi) is 11.7. The first-order valence-corrected chi connectivity index (χ1v) is 7.54. The molecule has 0 saturated carbocycles. The number of aliphatic imine (C=N–C) groups is 1. The highest BCUT2D eigenvalue weighted by atomic mass is 127. The van der Waals surface area contributed by atoms with Gasteiger partial charge in [-0.05, 0) is 38.8 Å². The molecule has 19 heavy (non-hydrogen) atoms. The lowest BCUT2D eigenvalue weighted by Crippen LogP contribution is -2.38. The monoisotopic (exact) mass is 382 g/mol. The molecule has 1 rings (SSSR count). The van der Waals surface area contributed by atoms with Gasteiger partial charge in [-0.3, -0.25) is 4.99 Å². The molecule has 1 aliphatic rings. The second-order valence-corrected chi connectivity index (χ2v) is 5.05. The van der Waals surface area contributed by atoms with E-state index in [1.807, 2.05) is 0 Å². The van der Waals surface area contributed by atoms with Crippen LogP contribution in [-0.2, 0) is 0 Å². The topological polar surface area (TPSA) is 39.7 Å². The van der Waals surface area contributed by atoms with Gasteiger partial charge in [-0.15, -0.1) is 24.0 Å². The zero-order valence-corrected chi connectivity index (χ0v) is 15.1. The number of hydrogen-bond acceptors (Lipinski definition) is 2. The van der Waals surface area contributed by atoms with Gasteiger partial charge in [-0.2, -0.15) is 0 Å². The Morgan fingerprint density at radius 2 is 2.05 bits per heavy atom. The predicted molar refractivity (Wildman–Crippen MR) is 94.5 cm³/mol. The zero-order valence-electron chi connectivity index (χ0n) is 12.7. The van der Waals surface area contributed by atoms with Crippen molar-refractivity contribution in [2.24, 2.45) is 10.9 Å². The molecule has 0 aromatic rings. The summed E-state index contributed by atoms with van der Waals surface area (Å²) in [4.78, 5) is 7.22. The number of guanidine groups is 1. The van der Waals surface area contributed by atoms with E-state index in [2.05, 4.69) is 36.3 Å². The largest absolute Gasteiger partial charge is 0.357 e. The number of likely N-dealkylation sites (tertiary alicyclic amines) is 1. The highest BCUT2D eigenvalue weighted by molar-refractivity contribution is 14.0. The number of nitrogens with one attached hydrogen (secondary N) is 2. The van der Waals surface area contributed by atoms with Crippen molar-refractivity contribution >= 4 is 29.9 Å². The lowest BCUT2D eigenvalue weighted by molar-refractivity contribution is 0.343. The Labute approximate surface area is 135 Å². The summed E-state index contributed by atoms with van der Waals surface area (Å²) >= 11 is 0. The Morgan fingerprint density at radius 3 is 2.63 bits per heavy atom. The van der Waals surface area contributed by atoms with E-state index in [-0.39, 0.29) is 24.0 Å². The summed E-state index contributed by atoms with van der Waals surface area (Å²) in [5.41, 5.74) is 0. The molecule has 114 valence electrons. The SMILES string of the molecule is CCCCNC(=NCC1CCN(CC)C1)NCC.I. The van der Waals surface area contributed by atoms with Gasteiger partial charge < -0.3 is 15.5 Å². The van der Waals surface area contributed by atoms with Crippen molar-refractivity contribution in [2.45, 2.75) is 40.0 Å². The van der Waals surface area contributed by atoms with E-state index >= 15 is 0 Å². The van der Waals surface area contributed by atoms with E-state index in [1.54, 1.807) is 0 Å². The van der Waals surface area contributed by atoms with E-state index in [4.69, 9.17) is 4.99 Å². The van der Waals surface area contributed by atoms with Crippen LogP contribution in [0.1, 0.15) is 40.0 Å². The Hall–Kier alpha value is -0.0400. The number of halogens is 1. The van der Waals surface area contributed by atoms with Gasteiger partial charge in [0.25, 0.3) is 0 Å². The number of rotatable bonds is 7. The molecule has 0 aromatic carbocycles. The first kappa shape index (κ1) is 19.0. The minimum atomic E-state index is 0. The Balaban J connectivity index is 0.00000324. The summed E-state index contributed by atoms with van der Waals surface area (Å²) in [6, 6.07) is 0. The summed E-state index contributed by atoms with van der Waals surface area (Å²) in [6.45, 7) is 13.1. The van der Waals surface area contributed by atoms with Crippen LogP contribution in [0.3, 0.4) is 0 Å². The quantitative estimate of drug-likeness (QED) is 0.307. The number of hydrogen-bond donors (Lipinski definition) is 2. The Morgan fingerprint density at radius 1 is 1.26 bits per heavy atom. The van der Waals surface area contributed by atoms with Crippen molar-refractivity contribution in [3.05, 3.63) is 0 Å². The first-order chi connectivity index (χ1) is 8.80. The molecule has 1 aliphatic heterocycles. The third kappa shape index (κ3) is 7.97. The van der Waals surface area contributed by atoms with Gasteiger partial charge in [-0.25, -0.2) is 0 Å². The highest BCUT2D eigenvalue weighted by Crippen LogP contribution is 2.15. The van der Waals surface area contributed by atoms with Crippen LogP contribution in [0.5, 0.6) is 0 Å². The molecular formula is C14H31IN4. The van der Waals surface area contributed by atoms with Gasteiger partial charge in [0.2, 0.25) is 0 Å². The summed E-state index contributed by atoms with van der Waals surface area (Å²) in [5, 5.41) is 6.71. The summed E-state index contributed by atoms with van der Waals surface area (Å²) in [7, 11) is 0. The summed E-state index contributed by atoms with van der Waals surface area (Å²) in [6.07, 6.45) is 3.73. The molecule has 0 amide bonds. The minimum Gasteiger partial charge on any atom is -0.357 e. The summed E-state index contributed by atoms with van der Waals surface area (Å²) in [5.74, 6) is 1.73. The molecule has 0 radical (unpaired) electrons. The second kappa shape index (κ2) is 11.8. The van der Waals surface area contributed by atoms with Crippen molar-refractivity contribution in [3.63, 3.8) is 0 Å². The van der Waals surface area contributed by atoms with Crippen molar-refractivity contribution < 1.29 is 0 Å². The second-order valence-electron chi connectivity index (χ2n) is 5.05. The predicted octanol–water partition coefficient (Wildman–Crippen LogP) is 2.30. The van der Waals surface area contributed by atoms with Crippen LogP contribution >= 0.6 is 24.0 Å². The van der Waals surface area contributed by atoms with Crippen LogP contribution in [0.25, 0.3) is 0 Å². The van der Waals surface area contributed by atoms with Gasteiger partial charge in [-0.1, -0.05) is 20.3 Å². The van der Waals surface area contributed by atoms with E-state index in [0.717, 1.165) is 31.5 Å². The van der Waals surface area contributed by atoms with Gasteiger partial charge in [0.1, 0.15) is 0 Å². The van der Waals surface area contributed by atoms with Crippen LogP contribution in [0.2, 0.25) is 0 Å². The fourth-order valence-electron chi connectivity index (χ4n) is 2.29. The molecule has 1 saturated heterocycles. The van der Waals surface area contributed by atoms with Crippen molar-refractivity contribution in [1.29, 1.82) is 0 Å². The number of nitrogens with zero attached hydrogens (tertiary/aromatic N) is 2. The van der Waals surface area contributed by atoms with E-state index in [0.29, 0.717) is 0 Å². The molecular weight excluding hydrogens is 351 g/mol. The molecule has 1 unspecified atom stereocenters. The van der Waals surface area contributed by atoms with Gasteiger partial charge in [0.05, 0.1) is 0 Å². The maximum atomic E-state index is 4.70.